The lowest BCUT2D eigenvalue weighted by Gasteiger charge is -1.98. The second-order valence-electron chi connectivity index (χ2n) is 2.71. The Morgan fingerprint density at radius 2 is 2.38 bits per heavy atom. The zero-order chi connectivity index (χ0) is 9.26. The van der Waals surface area contributed by atoms with E-state index in [4.69, 9.17) is 5.73 Å². The molecular formula is C8H9BrN4. The van der Waals surface area contributed by atoms with E-state index in [0.29, 0.717) is 13.0 Å². The van der Waals surface area contributed by atoms with Gasteiger partial charge >= 0.3 is 0 Å². The third-order valence-electron chi connectivity index (χ3n) is 1.78. The molecule has 2 N–H and O–H groups in total. The SMILES string of the molecule is NCCc1ncc2c(Br)ccn2n1. The Morgan fingerprint density at radius 1 is 1.54 bits per heavy atom. The molecule has 0 bridgehead atoms. The van der Waals surface area contributed by atoms with E-state index in [0.717, 1.165) is 15.8 Å². The van der Waals surface area contributed by atoms with Gasteiger partial charge in [-0.1, -0.05) is 0 Å². The van der Waals surface area contributed by atoms with Crippen molar-refractivity contribution >= 4 is 21.4 Å². The normalized spacial score (nSPS) is 10.9. The summed E-state index contributed by atoms with van der Waals surface area (Å²) in [6.45, 7) is 0.577. The molecule has 0 spiro atoms. The first-order valence-electron chi connectivity index (χ1n) is 4.00. The Balaban J connectivity index is 2.50. The van der Waals surface area contributed by atoms with E-state index in [9.17, 15) is 0 Å². The maximum atomic E-state index is 5.41. The first kappa shape index (κ1) is 8.65. The first-order valence-corrected chi connectivity index (χ1v) is 4.79. The maximum absolute atomic E-state index is 5.41. The standard InChI is InChI=1S/C8H9BrN4/c9-6-2-4-13-7(6)5-11-8(12-13)1-3-10/h2,4-5H,1,3,10H2. The van der Waals surface area contributed by atoms with E-state index >= 15 is 0 Å². The highest BCUT2D eigenvalue weighted by Crippen LogP contribution is 2.16. The van der Waals surface area contributed by atoms with Crippen LogP contribution < -0.4 is 5.73 Å². The summed E-state index contributed by atoms with van der Waals surface area (Å²) in [5.41, 5.74) is 6.38. The van der Waals surface area contributed by atoms with Crippen LogP contribution in [0.4, 0.5) is 0 Å². The van der Waals surface area contributed by atoms with Gasteiger partial charge in [-0.05, 0) is 28.5 Å². The van der Waals surface area contributed by atoms with E-state index in [2.05, 4.69) is 26.0 Å². The third kappa shape index (κ3) is 1.57. The molecule has 2 aromatic rings. The van der Waals surface area contributed by atoms with Gasteiger partial charge in [0.2, 0.25) is 0 Å². The zero-order valence-electron chi connectivity index (χ0n) is 6.94. The molecule has 0 atom stereocenters. The minimum absolute atomic E-state index is 0.577. The van der Waals surface area contributed by atoms with Gasteiger partial charge in [-0.15, -0.1) is 0 Å². The molecule has 0 aromatic carbocycles. The highest BCUT2D eigenvalue weighted by molar-refractivity contribution is 9.10. The predicted molar refractivity (Wildman–Crippen MR) is 53.4 cm³/mol. The minimum atomic E-state index is 0.577. The zero-order valence-corrected chi connectivity index (χ0v) is 8.53. The second kappa shape index (κ2) is 3.43. The number of fused-ring (bicyclic) bond motifs is 1. The van der Waals surface area contributed by atoms with Crippen LogP contribution in [0.3, 0.4) is 0 Å². The van der Waals surface area contributed by atoms with Crippen LogP contribution >= 0.6 is 15.9 Å². The molecule has 2 heterocycles. The summed E-state index contributed by atoms with van der Waals surface area (Å²) in [5.74, 6) is 0.776. The fourth-order valence-corrected chi connectivity index (χ4v) is 1.55. The molecule has 68 valence electrons. The summed E-state index contributed by atoms with van der Waals surface area (Å²) in [7, 11) is 0. The van der Waals surface area contributed by atoms with Crippen molar-refractivity contribution in [2.24, 2.45) is 5.73 Å². The van der Waals surface area contributed by atoms with Crippen LogP contribution in [0.1, 0.15) is 5.82 Å². The molecule has 0 amide bonds. The Hall–Kier alpha value is -0.940. The second-order valence-corrected chi connectivity index (χ2v) is 3.56. The van der Waals surface area contributed by atoms with Gasteiger partial charge in [0.25, 0.3) is 0 Å². The lowest BCUT2D eigenvalue weighted by atomic mass is 10.4. The van der Waals surface area contributed by atoms with Gasteiger partial charge in [-0.2, -0.15) is 5.10 Å². The van der Waals surface area contributed by atoms with Crippen LogP contribution in [0.2, 0.25) is 0 Å². The lowest BCUT2D eigenvalue weighted by molar-refractivity contribution is 0.784. The summed E-state index contributed by atoms with van der Waals surface area (Å²) in [4.78, 5) is 4.19. The van der Waals surface area contributed by atoms with Crippen molar-refractivity contribution in [3.05, 3.63) is 28.8 Å². The Labute approximate surface area is 83.9 Å². The number of halogens is 1. The van der Waals surface area contributed by atoms with Crippen molar-refractivity contribution in [3.8, 4) is 0 Å². The number of nitrogens with zero attached hydrogens (tertiary/aromatic N) is 3. The maximum Gasteiger partial charge on any atom is 0.150 e. The van der Waals surface area contributed by atoms with Crippen LogP contribution in [0.15, 0.2) is 22.9 Å². The monoisotopic (exact) mass is 240 g/mol. The van der Waals surface area contributed by atoms with Gasteiger partial charge in [0.05, 0.1) is 11.7 Å². The molecular weight excluding hydrogens is 232 g/mol. The van der Waals surface area contributed by atoms with Crippen LogP contribution in [-0.2, 0) is 6.42 Å². The minimum Gasteiger partial charge on any atom is -0.330 e. The molecule has 0 aliphatic heterocycles. The quantitative estimate of drug-likeness (QED) is 0.853. The van der Waals surface area contributed by atoms with E-state index in [1.165, 1.54) is 0 Å². The van der Waals surface area contributed by atoms with E-state index in [1.54, 1.807) is 10.7 Å². The number of hydrogen-bond donors (Lipinski definition) is 1. The largest absolute Gasteiger partial charge is 0.330 e. The average Bonchev–Trinajstić information content (AvgIpc) is 2.48. The molecule has 2 aromatic heterocycles. The fraction of sp³-hybridized carbons (Fsp3) is 0.250. The molecule has 0 aliphatic carbocycles. The number of rotatable bonds is 2. The van der Waals surface area contributed by atoms with Gasteiger partial charge in [0, 0.05) is 17.1 Å². The molecule has 0 radical (unpaired) electrons. The van der Waals surface area contributed by atoms with Gasteiger partial charge < -0.3 is 5.73 Å². The van der Waals surface area contributed by atoms with Crippen molar-refractivity contribution in [1.82, 2.24) is 14.6 Å². The summed E-state index contributed by atoms with van der Waals surface area (Å²) in [6, 6.07) is 1.94. The van der Waals surface area contributed by atoms with Gasteiger partial charge in [0.1, 0.15) is 5.82 Å². The van der Waals surface area contributed by atoms with Gasteiger partial charge in [-0.25, -0.2) is 9.50 Å². The topological polar surface area (TPSA) is 56.2 Å². The van der Waals surface area contributed by atoms with Crippen molar-refractivity contribution in [2.75, 3.05) is 6.54 Å². The lowest BCUT2D eigenvalue weighted by Crippen LogP contribution is -2.08. The Kier molecular flexibility index (Phi) is 2.28. The van der Waals surface area contributed by atoms with Crippen molar-refractivity contribution < 1.29 is 0 Å². The van der Waals surface area contributed by atoms with Crippen molar-refractivity contribution in [1.29, 1.82) is 0 Å². The molecule has 5 heteroatoms. The van der Waals surface area contributed by atoms with Crippen molar-refractivity contribution in [2.45, 2.75) is 6.42 Å². The van der Waals surface area contributed by atoms with E-state index < -0.39 is 0 Å². The molecule has 0 saturated heterocycles. The Morgan fingerprint density at radius 3 is 3.15 bits per heavy atom. The third-order valence-corrected chi connectivity index (χ3v) is 2.45. The number of hydrogen-bond acceptors (Lipinski definition) is 3. The number of aromatic nitrogens is 3. The first-order chi connectivity index (χ1) is 6.31. The summed E-state index contributed by atoms with van der Waals surface area (Å²) < 4.78 is 2.80. The van der Waals surface area contributed by atoms with Gasteiger partial charge in [-0.3, -0.25) is 0 Å². The summed E-state index contributed by atoms with van der Waals surface area (Å²) >= 11 is 3.40. The van der Waals surface area contributed by atoms with Crippen LogP contribution in [0, 0.1) is 0 Å². The molecule has 2 rings (SSSR count). The molecule has 13 heavy (non-hydrogen) atoms. The smallest absolute Gasteiger partial charge is 0.150 e. The van der Waals surface area contributed by atoms with E-state index in [-0.39, 0.29) is 0 Å². The van der Waals surface area contributed by atoms with Crippen molar-refractivity contribution in [3.63, 3.8) is 0 Å². The van der Waals surface area contributed by atoms with Crippen LogP contribution in [-0.4, -0.2) is 21.1 Å². The predicted octanol–water partition coefficient (Wildman–Crippen LogP) is 0.993. The highest BCUT2D eigenvalue weighted by Gasteiger charge is 2.01. The van der Waals surface area contributed by atoms with Gasteiger partial charge in [0.15, 0.2) is 0 Å². The molecule has 0 aliphatic rings. The number of nitrogens with two attached hydrogens (primary N) is 1. The summed E-state index contributed by atoms with van der Waals surface area (Å²) in [5, 5.41) is 4.28. The Bertz CT molecular complexity index is 423. The van der Waals surface area contributed by atoms with Crippen LogP contribution in [0.5, 0.6) is 0 Å². The molecule has 0 fully saturated rings. The van der Waals surface area contributed by atoms with E-state index in [1.807, 2.05) is 12.3 Å². The molecule has 0 unspecified atom stereocenters. The highest BCUT2D eigenvalue weighted by atomic mass is 79.9. The fourth-order valence-electron chi connectivity index (χ4n) is 1.15. The molecule has 0 saturated carbocycles. The summed E-state index contributed by atoms with van der Waals surface area (Å²) in [6.07, 6.45) is 4.40. The van der Waals surface area contributed by atoms with Crippen LogP contribution in [0.25, 0.3) is 5.52 Å². The average molecular weight is 241 g/mol. The molecule has 4 nitrogen and oxygen atoms in total.